The summed E-state index contributed by atoms with van der Waals surface area (Å²) in [5.41, 5.74) is 2.14. The molecule has 0 aromatic heterocycles. The van der Waals surface area contributed by atoms with Crippen LogP contribution >= 0.6 is 0 Å². The lowest BCUT2D eigenvalue weighted by atomic mass is 10.1. The van der Waals surface area contributed by atoms with Crippen LogP contribution in [0, 0.1) is 18.8 Å². The van der Waals surface area contributed by atoms with Gasteiger partial charge < -0.3 is 9.84 Å². The molecule has 0 aliphatic heterocycles. The first-order chi connectivity index (χ1) is 9.96. The molecule has 0 aliphatic carbocycles. The zero-order valence-corrected chi connectivity index (χ0v) is 13.2. The summed E-state index contributed by atoms with van der Waals surface area (Å²) >= 11 is 0. The predicted octanol–water partition coefficient (Wildman–Crippen LogP) is 1.51. The SMILES string of the molecule is COCCCS(=O)(=O)Nc1cc(C)cc(C#CCCO)c1. The van der Waals surface area contributed by atoms with Crippen LogP contribution in [-0.2, 0) is 14.8 Å². The molecule has 0 radical (unpaired) electrons. The van der Waals surface area contributed by atoms with Crippen LogP contribution in [0.4, 0.5) is 5.69 Å². The van der Waals surface area contributed by atoms with E-state index in [9.17, 15) is 8.42 Å². The lowest BCUT2D eigenvalue weighted by Crippen LogP contribution is -2.17. The van der Waals surface area contributed by atoms with E-state index in [4.69, 9.17) is 9.84 Å². The lowest BCUT2D eigenvalue weighted by Gasteiger charge is -2.09. The van der Waals surface area contributed by atoms with Crippen LogP contribution in [0.25, 0.3) is 0 Å². The Morgan fingerprint density at radius 3 is 2.76 bits per heavy atom. The van der Waals surface area contributed by atoms with Crippen molar-refractivity contribution in [1.29, 1.82) is 0 Å². The van der Waals surface area contributed by atoms with Crippen molar-refractivity contribution in [3.63, 3.8) is 0 Å². The fraction of sp³-hybridized carbons (Fsp3) is 0.467. The minimum absolute atomic E-state index is 0.0117. The number of methoxy groups -OCH3 is 1. The molecule has 0 bridgehead atoms. The van der Waals surface area contributed by atoms with E-state index in [0.29, 0.717) is 25.1 Å². The van der Waals surface area contributed by atoms with Crippen molar-refractivity contribution in [3.05, 3.63) is 29.3 Å². The average Bonchev–Trinajstić information content (AvgIpc) is 2.38. The normalized spacial score (nSPS) is 10.8. The summed E-state index contributed by atoms with van der Waals surface area (Å²) in [6.07, 6.45) is 0.840. The molecular weight excluding hydrogens is 290 g/mol. The van der Waals surface area contributed by atoms with E-state index >= 15 is 0 Å². The Morgan fingerprint density at radius 2 is 2.10 bits per heavy atom. The second-order valence-electron chi connectivity index (χ2n) is 4.63. The molecule has 0 amide bonds. The van der Waals surface area contributed by atoms with Gasteiger partial charge >= 0.3 is 0 Å². The molecule has 0 saturated heterocycles. The second-order valence-corrected chi connectivity index (χ2v) is 6.47. The number of hydrogen-bond donors (Lipinski definition) is 2. The molecule has 0 unspecified atom stereocenters. The zero-order valence-electron chi connectivity index (χ0n) is 12.3. The third-order valence-corrected chi connectivity index (χ3v) is 3.95. The van der Waals surface area contributed by atoms with Gasteiger partial charge in [-0.15, -0.1) is 0 Å². The van der Waals surface area contributed by atoms with Gasteiger partial charge in [-0.3, -0.25) is 4.72 Å². The Balaban J connectivity index is 2.82. The Kier molecular flexibility index (Phi) is 7.23. The number of benzene rings is 1. The minimum atomic E-state index is -3.38. The van der Waals surface area contributed by atoms with Crippen LogP contribution in [0.5, 0.6) is 0 Å². The van der Waals surface area contributed by atoms with Crippen molar-refractivity contribution >= 4 is 15.7 Å². The fourth-order valence-corrected chi connectivity index (χ4v) is 2.84. The molecular formula is C15H21NO4S. The highest BCUT2D eigenvalue weighted by molar-refractivity contribution is 7.92. The number of ether oxygens (including phenoxy) is 1. The summed E-state index contributed by atoms with van der Waals surface area (Å²) in [7, 11) is -1.84. The van der Waals surface area contributed by atoms with Gasteiger partial charge in [0.2, 0.25) is 10.0 Å². The molecule has 0 fully saturated rings. The Labute approximate surface area is 126 Å². The summed E-state index contributed by atoms with van der Waals surface area (Å²) in [6, 6.07) is 5.31. The zero-order chi connectivity index (χ0) is 15.7. The number of nitrogens with one attached hydrogen (secondary N) is 1. The molecule has 0 atom stereocenters. The first-order valence-electron chi connectivity index (χ1n) is 6.67. The summed E-state index contributed by atoms with van der Waals surface area (Å²) in [5, 5.41) is 8.70. The molecule has 5 nitrogen and oxygen atoms in total. The van der Waals surface area contributed by atoms with Crippen molar-refractivity contribution in [2.24, 2.45) is 0 Å². The second kappa shape index (κ2) is 8.67. The largest absolute Gasteiger partial charge is 0.395 e. The van der Waals surface area contributed by atoms with Crippen LogP contribution in [-0.4, -0.2) is 39.6 Å². The van der Waals surface area contributed by atoms with Crippen molar-refractivity contribution in [2.45, 2.75) is 19.8 Å². The number of aryl methyl sites for hydroxylation is 1. The van der Waals surface area contributed by atoms with Crippen molar-refractivity contribution in [3.8, 4) is 11.8 Å². The predicted molar refractivity (Wildman–Crippen MR) is 83.7 cm³/mol. The molecule has 0 saturated carbocycles. The van der Waals surface area contributed by atoms with E-state index in [1.807, 2.05) is 13.0 Å². The maximum atomic E-state index is 11.9. The van der Waals surface area contributed by atoms with E-state index in [1.54, 1.807) is 12.1 Å². The highest BCUT2D eigenvalue weighted by Gasteiger charge is 2.10. The lowest BCUT2D eigenvalue weighted by molar-refractivity contribution is 0.199. The maximum absolute atomic E-state index is 11.9. The van der Waals surface area contributed by atoms with Gasteiger partial charge in [0.05, 0.1) is 12.4 Å². The number of sulfonamides is 1. The van der Waals surface area contributed by atoms with Crippen molar-refractivity contribution in [2.75, 3.05) is 30.8 Å². The Morgan fingerprint density at radius 1 is 1.33 bits per heavy atom. The quantitative estimate of drug-likeness (QED) is 0.591. The highest BCUT2D eigenvalue weighted by atomic mass is 32.2. The molecule has 116 valence electrons. The molecule has 0 heterocycles. The van der Waals surface area contributed by atoms with Crippen molar-refractivity contribution in [1.82, 2.24) is 0 Å². The maximum Gasteiger partial charge on any atom is 0.232 e. The number of anilines is 1. The molecule has 21 heavy (non-hydrogen) atoms. The standard InChI is InChI=1S/C15H21NO4S/c1-13-10-14(6-3-4-7-17)12-15(11-13)16-21(18,19)9-5-8-20-2/h10-12,16-17H,4-5,7-9H2,1-2H3. The van der Waals surface area contributed by atoms with E-state index < -0.39 is 10.0 Å². The molecule has 1 rings (SSSR count). The van der Waals surface area contributed by atoms with E-state index in [-0.39, 0.29) is 12.4 Å². The van der Waals surface area contributed by atoms with Crippen molar-refractivity contribution < 1.29 is 18.3 Å². The summed E-state index contributed by atoms with van der Waals surface area (Å²) in [4.78, 5) is 0. The number of aliphatic hydroxyl groups excluding tert-OH is 1. The smallest absolute Gasteiger partial charge is 0.232 e. The molecule has 0 aliphatic rings. The molecule has 1 aromatic carbocycles. The Hall–Kier alpha value is -1.55. The molecule has 2 N–H and O–H groups in total. The molecule has 0 spiro atoms. The number of rotatable bonds is 7. The molecule has 6 heteroatoms. The van der Waals surface area contributed by atoms with Crippen LogP contribution < -0.4 is 4.72 Å². The van der Waals surface area contributed by atoms with Crippen LogP contribution in [0.1, 0.15) is 24.0 Å². The van der Waals surface area contributed by atoms with Gasteiger partial charge in [-0.05, 0) is 37.1 Å². The third-order valence-electron chi connectivity index (χ3n) is 2.58. The van der Waals surface area contributed by atoms with Gasteiger partial charge in [0, 0.05) is 31.4 Å². The van der Waals surface area contributed by atoms with Gasteiger partial charge in [-0.1, -0.05) is 11.8 Å². The van der Waals surface area contributed by atoms with Gasteiger partial charge in [0.1, 0.15) is 0 Å². The van der Waals surface area contributed by atoms with E-state index in [0.717, 1.165) is 11.1 Å². The number of aliphatic hydroxyl groups is 1. The van der Waals surface area contributed by atoms with Gasteiger partial charge in [0.25, 0.3) is 0 Å². The van der Waals surface area contributed by atoms with Gasteiger partial charge in [-0.25, -0.2) is 8.42 Å². The first-order valence-corrected chi connectivity index (χ1v) is 8.33. The fourth-order valence-electron chi connectivity index (χ4n) is 1.76. The first kappa shape index (κ1) is 17.5. The summed E-state index contributed by atoms with van der Waals surface area (Å²) in [5.74, 6) is 5.73. The summed E-state index contributed by atoms with van der Waals surface area (Å²) in [6.45, 7) is 2.30. The average molecular weight is 311 g/mol. The van der Waals surface area contributed by atoms with Crippen LogP contribution in [0.3, 0.4) is 0 Å². The summed E-state index contributed by atoms with van der Waals surface area (Å²) < 4.78 is 31.2. The Bertz CT molecular complexity index is 614. The third kappa shape index (κ3) is 7.14. The van der Waals surface area contributed by atoms with E-state index in [1.165, 1.54) is 7.11 Å². The monoisotopic (exact) mass is 311 g/mol. The highest BCUT2D eigenvalue weighted by Crippen LogP contribution is 2.15. The topological polar surface area (TPSA) is 75.6 Å². The van der Waals surface area contributed by atoms with Crippen LogP contribution in [0.2, 0.25) is 0 Å². The minimum Gasteiger partial charge on any atom is -0.395 e. The van der Waals surface area contributed by atoms with Gasteiger partial charge in [-0.2, -0.15) is 0 Å². The molecule has 1 aromatic rings. The number of hydrogen-bond acceptors (Lipinski definition) is 4. The van der Waals surface area contributed by atoms with Crippen LogP contribution in [0.15, 0.2) is 18.2 Å². The van der Waals surface area contributed by atoms with E-state index in [2.05, 4.69) is 16.6 Å². The van der Waals surface area contributed by atoms with Gasteiger partial charge in [0.15, 0.2) is 0 Å².